The number of likely N-dealkylation sites (N-methyl/N-ethyl adjacent to an activating group) is 1. The molecule has 92 valence electrons. The first kappa shape index (κ1) is 13.4. The molecule has 16 heavy (non-hydrogen) atoms. The summed E-state index contributed by atoms with van der Waals surface area (Å²) in [5.41, 5.74) is 0.196. The van der Waals surface area contributed by atoms with Crippen molar-refractivity contribution in [1.82, 2.24) is 9.36 Å². The lowest BCUT2D eigenvalue weighted by Crippen LogP contribution is -2.37. The molecule has 0 saturated carbocycles. The summed E-state index contributed by atoms with van der Waals surface area (Å²) < 4.78 is 4.16. The first-order valence-electron chi connectivity index (χ1n) is 5.47. The van der Waals surface area contributed by atoms with Crippen LogP contribution in [-0.4, -0.2) is 34.2 Å². The maximum atomic E-state index is 9.44. The van der Waals surface area contributed by atoms with Crippen LogP contribution in [0.2, 0.25) is 0 Å². The molecule has 0 aliphatic heterocycles. The van der Waals surface area contributed by atoms with Crippen LogP contribution in [0, 0.1) is 12.3 Å². The number of aryl methyl sites for hydroxylation is 1. The minimum Gasteiger partial charge on any atom is -0.394 e. The predicted octanol–water partition coefficient (Wildman–Crippen LogP) is 2.08. The van der Waals surface area contributed by atoms with Gasteiger partial charge in [0.15, 0.2) is 0 Å². The van der Waals surface area contributed by atoms with Crippen LogP contribution in [-0.2, 0) is 0 Å². The molecule has 0 spiro atoms. The molecule has 0 aliphatic carbocycles. The van der Waals surface area contributed by atoms with Gasteiger partial charge in [0.05, 0.1) is 12.6 Å². The fraction of sp³-hybridized carbons (Fsp3) is 0.818. The van der Waals surface area contributed by atoms with Crippen molar-refractivity contribution in [2.24, 2.45) is 5.41 Å². The van der Waals surface area contributed by atoms with Crippen LogP contribution in [0.5, 0.6) is 0 Å². The third-order valence-electron chi connectivity index (χ3n) is 2.43. The molecule has 1 unspecified atom stereocenters. The van der Waals surface area contributed by atoms with Crippen molar-refractivity contribution in [1.29, 1.82) is 0 Å². The highest BCUT2D eigenvalue weighted by Crippen LogP contribution is 2.26. The van der Waals surface area contributed by atoms with Gasteiger partial charge in [0.2, 0.25) is 5.13 Å². The lowest BCUT2D eigenvalue weighted by Gasteiger charge is -2.31. The van der Waals surface area contributed by atoms with Crippen molar-refractivity contribution in [3.05, 3.63) is 5.82 Å². The normalized spacial score (nSPS) is 13.9. The fourth-order valence-corrected chi connectivity index (χ4v) is 2.32. The van der Waals surface area contributed by atoms with Crippen LogP contribution in [0.4, 0.5) is 5.13 Å². The summed E-state index contributed by atoms with van der Waals surface area (Å²) in [6.07, 6.45) is 0.929. The Balaban J connectivity index is 2.73. The van der Waals surface area contributed by atoms with Crippen LogP contribution in [0.3, 0.4) is 0 Å². The molecular formula is C11H21N3OS. The van der Waals surface area contributed by atoms with Gasteiger partial charge in [-0.05, 0) is 18.8 Å². The molecule has 0 bridgehead atoms. The van der Waals surface area contributed by atoms with Gasteiger partial charge in [-0.1, -0.05) is 20.8 Å². The van der Waals surface area contributed by atoms with Gasteiger partial charge in [-0.25, -0.2) is 4.98 Å². The van der Waals surface area contributed by atoms with Crippen molar-refractivity contribution < 1.29 is 5.11 Å². The van der Waals surface area contributed by atoms with Gasteiger partial charge >= 0.3 is 0 Å². The van der Waals surface area contributed by atoms with E-state index in [1.54, 1.807) is 0 Å². The Hall–Kier alpha value is -0.680. The van der Waals surface area contributed by atoms with E-state index in [0.29, 0.717) is 0 Å². The van der Waals surface area contributed by atoms with Crippen LogP contribution in [0.1, 0.15) is 33.0 Å². The summed E-state index contributed by atoms with van der Waals surface area (Å²) in [6.45, 7) is 8.55. The van der Waals surface area contributed by atoms with E-state index in [2.05, 4.69) is 30.1 Å². The van der Waals surface area contributed by atoms with Gasteiger partial charge in [0, 0.05) is 18.6 Å². The molecular weight excluding hydrogens is 222 g/mol. The van der Waals surface area contributed by atoms with E-state index in [1.165, 1.54) is 11.5 Å². The van der Waals surface area contributed by atoms with Gasteiger partial charge in [-0.3, -0.25) is 0 Å². The van der Waals surface area contributed by atoms with Crippen molar-refractivity contribution >= 4 is 16.7 Å². The first-order chi connectivity index (χ1) is 7.33. The summed E-state index contributed by atoms with van der Waals surface area (Å²) >= 11 is 1.38. The van der Waals surface area contributed by atoms with Gasteiger partial charge < -0.3 is 10.0 Å². The molecule has 0 fully saturated rings. The zero-order valence-electron chi connectivity index (χ0n) is 10.7. The van der Waals surface area contributed by atoms with Gasteiger partial charge in [0.1, 0.15) is 5.82 Å². The van der Waals surface area contributed by atoms with E-state index in [4.69, 9.17) is 0 Å². The highest BCUT2D eigenvalue weighted by atomic mass is 32.1. The zero-order chi connectivity index (χ0) is 12.3. The molecule has 0 radical (unpaired) electrons. The number of anilines is 1. The molecule has 1 rings (SSSR count). The topological polar surface area (TPSA) is 49.2 Å². The average molecular weight is 243 g/mol. The molecule has 0 saturated heterocycles. The molecule has 0 aliphatic rings. The second kappa shape index (κ2) is 5.10. The molecule has 1 aromatic heterocycles. The third kappa shape index (κ3) is 3.72. The monoisotopic (exact) mass is 243 g/mol. The second-order valence-corrected chi connectivity index (χ2v) is 6.07. The molecule has 5 heteroatoms. The summed E-state index contributed by atoms with van der Waals surface area (Å²) in [6, 6.07) is 0.104. The maximum absolute atomic E-state index is 9.44. The maximum Gasteiger partial charge on any atom is 0.205 e. The Morgan fingerprint density at radius 1 is 1.44 bits per heavy atom. The fourth-order valence-electron chi connectivity index (χ4n) is 1.62. The quantitative estimate of drug-likeness (QED) is 0.879. The lowest BCUT2D eigenvalue weighted by atomic mass is 9.88. The molecule has 1 N–H and O–H groups in total. The van der Waals surface area contributed by atoms with E-state index in [0.717, 1.165) is 17.4 Å². The molecule has 1 atom stereocenters. The van der Waals surface area contributed by atoms with Gasteiger partial charge in [-0.2, -0.15) is 4.37 Å². The summed E-state index contributed by atoms with van der Waals surface area (Å²) in [7, 11) is 1.96. The number of nitrogens with zero attached hydrogens (tertiary/aromatic N) is 3. The van der Waals surface area contributed by atoms with Gasteiger partial charge in [-0.15, -0.1) is 0 Å². The van der Waals surface area contributed by atoms with Gasteiger partial charge in [0.25, 0.3) is 0 Å². The minimum atomic E-state index is 0.104. The van der Waals surface area contributed by atoms with E-state index in [-0.39, 0.29) is 18.1 Å². The Morgan fingerprint density at radius 3 is 2.44 bits per heavy atom. The standard InChI is InChI=1S/C11H21N3OS/c1-8-12-10(16-13-8)14(5)9(7-15)6-11(2,3)4/h9,15H,6-7H2,1-5H3. The van der Waals surface area contributed by atoms with Crippen LogP contribution in [0.15, 0.2) is 0 Å². The molecule has 1 aromatic rings. The highest BCUT2D eigenvalue weighted by Gasteiger charge is 2.23. The minimum absolute atomic E-state index is 0.104. The number of aliphatic hydroxyl groups is 1. The zero-order valence-corrected chi connectivity index (χ0v) is 11.5. The van der Waals surface area contributed by atoms with Crippen molar-refractivity contribution in [2.45, 2.75) is 40.2 Å². The highest BCUT2D eigenvalue weighted by molar-refractivity contribution is 7.09. The third-order valence-corrected chi connectivity index (χ3v) is 3.32. The van der Waals surface area contributed by atoms with Crippen molar-refractivity contribution in [3.63, 3.8) is 0 Å². The van der Waals surface area contributed by atoms with E-state index < -0.39 is 0 Å². The van der Waals surface area contributed by atoms with Crippen LogP contribution < -0.4 is 4.90 Å². The molecule has 0 amide bonds. The largest absolute Gasteiger partial charge is 0.394 e. The number of aromatic nitrogens is 2. The van der Waals surface area contributed by atoms with Crippen LogP contribution >= 0.6 is 11.5 Å². The Bertz CT molecular complexity index is 332. The number of rotatable bonds is 4. The molecule has 0 aromatic carbocycles. The average Bonchev–Trinajstić information content (AvgIpc) is 2.58. The summed E-state index contributed by atoms with van der Waals surface area (Å²) in [4.78, 5) is 6.36. The van der Waals surface area contributed by atoms with E-state index in [1.807, 2.05) is 18.9 Å². The first-order valence-corrected chi connectivity index (χ1v) is 6.25. The summed E-state index contributed by atoms with van der Waals surface area (Å²) in [5.74, 6) is 0.791. The SMILES string of the molecule is Cc1nsc(N(C)C(CO)CC(C)(C)C)n1. The number of hydrogen-bond acceptors (Lipinski definition) is 5. The Labute approximate surface area is 101 Å². The predicted molar refractivity (Wildman–Crippen MR) is 68.0 cm³/mol. The second-order valence-electron chi connectivity index (χ2n) is 5.34. The smallest absolute Gasteiger partial charge is 0.205 e. The van der Waals surface area contributed by atoms with Crippen molar-refractivity contribution in [3.8, 4) is 0 Å². The number of hydrogen-bond donors (Lipinski definition) is 1. The number of aliphatic hydroxyl groups excluding tert-OH is 1. The van der Waals surface area contributed by atoms with E-state index >= 15 is 0 Å². The molecule has 4 nitrogen and oxygen atoms in total. The Kier molecular flexibility index (Phi) is 4.27. The van der Waals surface area contributed by atoms with E-state index in [9.17, 15) is 5.11 Å². The Morgan fingerprint density at radius 2 is 2.06 bits per heavy atom. The molecule has 1 heterocycles. The summed E-state index contributed by atoms with van der Waals surface area (Å²) in [5, 5.41) is 10.3. The van der Waals surface area contributed by atoms with Crippen molar-refractivity contribution in [2.75, 3.05) is 18.6 Å². The van der Waals surface area contributed by atoms with Crippen LogP contribution in [0.25, 0.3) is 0 Å². The lowest BCUT2D eigenvalue weighted by molar-refractivity contribution is 0.220.